The summed E-state index contributed by atoms with van der Waals surface area (Å²) in [7, 11) is -0.737. The molecule has 1 N–H and O–H groups in total. The molecular formula is C20H21F2N3O5S. The third kappa shape index (κ3) is 4.23. The van der Waals surface area contributed by atoms with Crippen LogP contribution in [0.15, 0.2) is 47.4 Å². The minimum absolute atomic E-state index is 0.0827. The molecule has 1 aliphatic rings. The quantitative estimate of drug-likeness (QED) is 0.648. The van der Waals surface area contributed by atoms with E-state index in [4.69, 9.17) is 4.74 Å². The molecule has 11 heteroatoms. The van der Waals surface area contributed by atoms with E-state index in [9.17, 15) is 26.8 Å². The minimum atomic E-state index is -3.57. The molecule has 3 amide bonds. The molecule has 1 aliphatic heterocycles. The molecule has 0 bridgehead atoms. The van der Waals surface area contributed by atoms with Gasteiger partial charge in [-0.25, -0.2) is 26.3 Å². The maximum absolute atomic E-state index is 14.2. The molecule has 1 fully saturated rings. The van der Waals surface area contributed by atoms with E-state index in [2.05, 4.69) is 5.32 Å². The van der Waals surface area contributed by atoms with Gasteiger partial charge in [0.1, 0.15) is 29.5 Å². The monoisotopic (exact) mass is 453 g/mol. The summed E-state index contributed by atoms with van der Waals surface area (Å²) in [6.07, 6.45) is 0. The number of sulfonamides is 1. The second-order valence-corrected chi connectivity index (χ2v) is 9.40. The first-order valence-corrected chi connectivity index (χ1v) is 10.7. The lowest BCUT2D eigenvalue weighted by atomic mass is 9.91. The van der Waals surface area contributed by atoms with Crippen LogP contribution in [0.2, 0.25) is 0 Å². The number of hydrogen-bond donors (Lipinski definition) is 1. The average molecular weight is 453 g/mol. The number of nitrogens with one attached hydrogen (secondary N) is 1. The third-order valence-corrected chi connectivity index (χ3v) is 6.76. The Bertz CT molecular complexity index is 1120. The zero-order valence-electron chi connectivity index (χ0n) is 17.1. The van der Waals surface area contributed by atoms with Crippen molar-refractivity contribution in [2.24, 2.45) is 0 Å². The average Bonchev–Trinajstić information content (AvgIpc) is 2.93. The topological polar surface area (TPSA) is 96.0 Å². The zero-order chi connectivity index (χ0) is 23.0. The minimum Gasteiger partial charge on any atom is -0.492 e. The smallest absolute Gasteiger partial charge is 0.325 e. The van der Waals surface area contributed by atoms with Crippen molar-refractivity contribution in [2.45, 2.75) is 17.4 Å². The van der Waals surface area contributed by atoms with Gasteiger partial charge in [-0.05, 0) is 49.4 Å². The molecule has 1 atom stereocenters. The van der Waals surface area contributed by atoms with Gasteiger partial charge in [0.25, 0.3) is 5.91 Å². The fraction of sp³-hybridized carbons (Fsp3) is 0.300. The van der Waals surface area contributed by atoms with E-state index in [-0.39, 0.29) is 23.6 Å². The molecule has 0 spiro atoms. The molecule has 1 saturated heterocycles. The molecule has 0 aliphatic carbocycles. The number of hydrogen-bond acceptors (Lipinski definition) is 5. The van der Waals surface area contributed by atoms with E-state index in [1.807, 2.05) is 0 Å². The van der Waals surface area contributed by atoms with Gasteiger partial charge in [0.05, 0.1) is 11.4 Å². The van der Waals surface area contributed by atoms with Gasteiger partial charge in [-0.2, -0.15) is 0 Å². The molecule has 1 heterocycles. The van der Waals surface area contributed by atoms with Crippen LogP contribution in [-0.4, -0.2) is 56.8 Å². The van der Waals surface area contributed by atoms with E-state index in [0.717, 1.165) is 27.4 Å². The number of carbonyl (C=O) groups is 2. The Morgan fingerprint density at radius 2 is 1.74 bits per heavy atom. The Kier molecular flexibility index (Phi) is 6.01. The fourth-order valence-electron chi connectivity index (χ4n) is 3.14. The van der Waals surface area contributed by atoms with Crippen molar-refractivity contribution in [1.82, 2.24) is 14.5 Å². The number of carbonyl (C=O) groups excluding carboxylic acids is 2. The Labute approximate surface area is 178 Å². The Morgan fingerprint density at radius 1 is 1.10 bits per heavy atom. The summed E-state index contributed by atoms with van der Waals surface area (Å²) in [5, 5.41) is 2.40. The summed E-state index contributed by atoms with van der Waals surface area (Å²) in [4.78, 5) is 26.0. The van der Waals surface area contributed by atoms with Crippen LogP contribution in [0.3, 0.4) is 0 Å². The number of urea groups is 1. The predicted molar refractivity (Wildman–Crippen MR) is 107 cm³/mol. The molecule has 1 unspecified atom stereocenters. The van der Waals surface area contributed by atoms with Crippen LogP contribution in [0.25, 0.3) is 0 Å². The second-order valence-electron chi connectivity index (χ2n) is 7.24. The summed E-state index contributed by atoms with van der Waals surface area (Å²) >= 11 is 0. The number of nitrogens with zero attached hydrogens (tertiary/aromatic N) is 2. The highest BCUT2D eigenvalue weighted by molar-refractivity contribution is 7.89. The first kappa shape index (κ1) is 22.6. The summed E-state index contributed by atoms with van der Waals surface area (Å²) in [6.45, 7) is 1.07. The van der Waals surface area contributed by atoms with Crippen molar-refractivity contribution in [1.29, 1.82) is 0 Å². The van der Waals surface area contributed by atoms with Crippen molar-refractivity contribution >= 4 is 22.0 Å². The van der Waals surface area contributed by atoms with Gasteiger partial charge in [-0.3, -0.25) is 9.69 Å². The largest absolute Gasteiger partial charge is 0.492 e. The summed E-state index contributed by atoms with van der Waals surface area (Å²) < 4.78 is 58.5. The van der Waals surface area contributed by atoms with E-state index >= 15 is 0 Å². The van der Waals surface area contributed by atoms with Crippen LogP contribution in [-0.2, 0) is 20.4 Å². The number of benzene rings is 2. The summed E-state index contributed by atoms with van der Waals surface area (Å²) in [5.74, 6) is -1.95. The molecule has 3 rings (SSSR count). The van der Waals surface area contributed by atoms with Crippen molar-refractivity contribution in [3.05, 3.63) is 59.7 Å². The molecule has 0 saturated carbocycles. The number of ether oxygens (including phenoxy) is 1. The number of rotatable bonds is 7. The maximum Gasteiger partial charge on any atom is 0.325 e. The van der Waals surface area contributed by atoms with E-state index in [1.165, 1.54) is 45.3 Å². The van der Waals surface area contributed by atoms with Crippen LogP contribution in [0.1, 0.15) is 12.5 Å². The van der Waals surface area contributed by atoms with Crippen LogP contribution >= 0.6 is 0 Å². The highest BCUT2D eigenvalue weighted by Gasteiger charge is 2.50. The first-order valence-electron chi connectivity index (χ1n) is 9.22. The van der Waals surface area contributed by atoms with E-state index < -0.39 is 39.1 Å². The van der Waals surface area contributed by atoms with Crippen molar-refractivity contribution in [2.75, 3.05) is 27.2 Å². The van der Waals surface area contributed by atoms with Crippen LogP contribution in [0.5, 0.6) is 5.75 Å². The highest BCUT2D eigenvalue weighted by atomic mass is 32.2. The highest BCUT2D eigenvalue weighted by Crippen LogP contribution is 2.31. The number of imide groups is 1. The molecular weight excluding hydrogens is 432 g/mol. The predicted octanol–water partition coefficient (Wildman–Crippen LogP) is 2.06. The van der Waals surface area contributed by atoms with Gasteiger partial charge >= 0.3 is 6.03 Å². The van der Waals surface area contributed by atoms with Crippen LogP contribution in [0.4, 0.5) is 13.6 Å². The molecule has 2 aromatic rings. The molecule has 31 heavy (non-hydrogen) atoms. The molecule has 0 aromatic heterocycles. The normalized spacial score (nSPS) is 19.1. The number of halogens is 2. The lowest BCUT2D eigenvalue weighted by Gasteiger charge is -2.22. The fourth-order valence-corrected chi connectivity index (χ4v) is 4.04. The Hall–Kier alpha value is -3.05. The molecule has 0 radical (unpaired) electrons. The molecule has 2 aromatic carbocycles. The zero-order valence-corrected chi connectivity index (χ0v) is 17.9. The second kappa shape index (κ2) is 8.23. The molecule has 166 valence electrons. The van der Waals surface area contributed by atoms with Crippen LogP contribution < -0.4 is 10.1 Å². The third-order valence-electron chi connectivity index (χ3n) is 4.93. The lowest BCUT2D eigenvalue weighted by Crippen LogP contribution is -2.42. The van der Waals surface area contributed by atoms with E-state index in [1.54, 1.807) is 0 Å². The SMILES string of the molecule is CN(C)S(=O)(=O)c1ccc(OCCN2C(=O)NC(C)(c3cc(F)ccc3F)C2=O)cc1. The van der Waals surface area contributed by atoms with Gasteiger partial charge in [0.15, 0.2) is 0 Å². The Morgan fingerprint density at radius 3 is 2.35 bits per heavy atom. The first-order chi connectivity index (χ1) is 14.5. The lowest BCUT2D eigenvalue weighted by molar-refractivity contribution is -0.131. The van der Waals surface area contributed by atoms with E-state index in [0.29, 0.717) is 5.75 Å². The van der Waals surface area contributed by atoms with Gasteiger partial charge in [0, 0.05) is 19.7 Å². The van der Waals surface area contributed by atoms with Crippen LogP contribution in [0, 0.1) is 11.6 Å². The van der Waals surface area contributed by atoms with Crippen molar-refractivity contribution in [3.63, 3.8) is 0 Å². The Balaban J connectivity index is 1.67. The maximum atomic E-state index is 14.2. The van der Waals surface area contributed by atoms with Gasteiger partial charge < -0.3 is 10.1 Å². The summed E-state index contributed by atoms with van der Waals surface area (Å²) in [5.41, 5.74) is -2.02. The van der Waals surface area contributed by atoms with Crippen molar-refractivity contribution < 1.29 is 31.5 Å². The van der Waals surface area contributed by atoms with Gasteiger partial charge in [-0.1, -0.05) is 0 Å². The summed E-state index contributed by atoms with van der Waals surface area (Å²) in [6, 6.07) is 7.59. The standard InChI is InChI=1S/C20H21F2N3O5S/c1-20(16-12-13(21)4-9-17(16)22)18(26)25(19(27)23-20)10-11-30-14-5-7-15(8-6-14)31(28,29)24(2)3/h4-9,12H,10-11H2,1-3H3,(H,23,27). The number of amides is 3. The van der Waals surface area contributed by atoms with Crippen molar-refractivity contribution in [3.8, 4) is 5.75 Å². The van der Waals surface area contributed by atoms with Gasteiger partial charge in [0.2, 0.25) is 10.0 Å². The molecule has 8 nitrogen and oxygen atoms in total. The van der Waals surface area contributed by atoms with Gasteiger partial charge in [-0.15, -0.1) is 0 Å².